The molecule has 148 valence electrons. The molecule has 0 fully saturated rings. The molecule has 0 spiro atoms. The van der Waals surface area contributed by atoms with E-state index in [1.165, 1.54) is 6.07 Å². The molecule has 0 aliphatic carbocycles. The van der Waals surface area contributed by atoms with Gasteiger partial charge in [-0.25, -0.2) is 0 Å². The van der Waals surface area contributed by atoms with E-state index < -0.39 is 0 Å². The minimum absolute atomic E-state index is 0.128. The minimum Gasteiger partial charge on any atom is -0.489 e. The summed E-state index contributed by atoms with van der Waals surface area (Å²) in [6, 6.07) is 19.2. The van der Waals surface area contributed by atoms with Gasteiger partial charge in [0.2, 0.25) is 0 Å². The second-order valence-electron chi connectivity index (χ2n) is 6.91. The maximum Gasteiger partial charge on any atom is 0.258 e. The molecule has 1 N–H and O–H groups in total. The maximum absolute atomic E-state index is 12.6. The summed E-state index contributed by atoms with van der Waals surface area (Å²) in [6.07, 6.45) is 4.61. The second-order valence-corrected chi connectivity index (χ2v) is 6.91. The molecule has 0 radical (unpaired) electrons. The van der Waals surface area contributed by atoms with Gasteiger partial charge < -0.3 is 10.1 Å². The van der Waals surface area contributed by atoms with Crippen LogP contribution in [0.5, 0.6) is 5.75 Å². The molecule has 4 rings (SSSR count). The van der Waals surface area contributed by atoms with E-state index in [2.05, 4.69) is 10.4 Å². The molecule has 4 aromatic rings. The van der Waals surface area contributed by atoms with Crippen molar-refractivity contribution in [3.05, 3.63) is 89.0 Å². The lowest BCUT2D eigenvalue weighted by molar-refractivity contribution is 0.305. The molecule has 0 saturated carbocycles. The highest BCUT2D eigenvalue weighted by Crippen LogP contribution is 2.19. The molecule has 6 heteroatoms. The van der Waals surface area contributed by atoms with Crippen molar-refractivity contribution in [3.63, 3.8) is 0 Å². The molecule has 2 heterocycles. The van der Waals surface area contributed by atoms with E-state index in [1.807, 2.05) is 72.5 Å². The van der Waals surface area contributed by atoms with Gasteiger partial charge in [0.15, 0.2) is 0 Å². The number of nitrogens with one attached hydrogen (secondary N) is 1. The first-order valence-corrected chi connectivity index (χ1v) is 9.74. The standard InChI is InChI=1S/C23H24N4O2/c1-24-11-5-12-27-22-9-8-20(14-19(22)16-25-27)26-13-10-21(15-23(26)28)29-17-18-6-3-2-4-7-18/h2-4,6-10,13-16,24H,5,11-12,17H2,1H3. The Morgan fingerprint density at radius 2 is 1.93 bits per heavy atom. The van der Waals surface area contributed by atoms with Gasteiger partial charge in [-0.1, -0.05) is 30.3 Å². The molecule has 0 unspecified atom stereocenters. The summed E-state index contributed by atoms with van der Waals surface area (Å²) in [5, 5.41) is 8.64. The Balaban J connectivity index is 1.52. The number of rotatable bonds is 8. The summed E-state index contributed by atoms with van der Waals surface area (Å²) >= 11 is 0. The number of fused-ring (bicyclic) bond motifs is 1. The normalized spacial score (nSPS) is 11.1. The van der Waals surface area contributed by atoms with Crippen molar-refractivity contribution < 1.29 is 4.74 Å². The Morgan fingerprint density at radius 3 is 2.72 bits per heavy atom. The zero-order valence-corrected chi connectivity index (χ0v) is 16.4. The highest BCUT2D eigenvalue weighted by atomic mass is 16.5. The third kappa shape index (κ3) is 4.38. The number of nitrogens with zero attached hydrogens (tertiary/aromatic N) is 3. The van der Waals surface area contributed by atoms with Crippen LogP contribution in [0.25, 0.3) is 16.6 Å². The van der Waals surface area contributed by atoms with Gasteiger partial charge >= 0.3 is 0 Å². The summed E-state index contributed by atoms with van der Waals surface area (Å²) in [5.41, 5.74) is 2.82. The monoisotopic (exact) mass is 388 g/mol. The van der Waals surface area contributed by atoms with Crippen LogP contribution in [0.15, 0.2) is 77.9 Å². The Bertz CT molecular complexity index is 1150. The van der Waals surface area contributed by atoms with Gasteiger partial charge in [0.05, 0.1) is 11.7 Å². The summed E-state index contributed by atoms with van der Waals surface area (Å²) in [6.45, 7) is 2.24. The first-order chi connectivity index (χ1) is 14.2. The zero-order chi connectivity index (χ0) is 20.1. The van der Waals surface area contributed by atoms with Crippen molar-refractivity contribution in [1.82, 2.24) is 19.7 Å². The Kier molecular flexibility index (Phi) is 5.72. The lowest BCUT2D eigenvalue weighted by Crippen LogP contribution is -2.16. The molecule has 0 aliphatic heterocycles. The third-order valence-corrected chi connectivity index (χ3v) is 4.84. The van der Waals surface area contributed by atoms with Crippen molar-refractivity contribution in [1.29, 1.82) is 0 Å². The van der Waals surface area contributed by atoms with Gasteiger partial charge in [-0.2, -0.15) is 5.10 Å². The fourth-order valence-electron chi connectivity index (χ4n) is 3.31. The van der Waals surface area contributed by atoms with Gasteiger partial charge in [-0.15, -0.1) is 0 Å². The van der Waals surface area contributed by atoms with Crippen molar-refractivity contribution in [2.24, 2.45) is 0 Å². The van der Waals surface area contributed by atoms with Crippen LogP contribution in [0.2, 0.25) is 0 Å². The average molecular weight is 388 g/mol. The van der Waals surface area contributed by atoms with Crippen molar-refractivity contribution in [3.8, 4) is 11.4 Å². The summed E-state index contributed by atoms with van der Waals surface area (Å²) < 4.78 is 9.37. The first kappa shape index (κ1) is 19.0. The predicted octanol–water partition coefficient (Wildman–Crippen LogP) is 3.38. The number of pyridine rings is 1. The van der Waals surface area contributed by atoms with Crippen LogP contribution in [0.1, 0.15) is 12.0 Å². The molecule has 0 bridgehead atoms. The third-order valence-electron chi connectivity index (χ3n) is 4.84. The largest absolute Gasteiger partial charge is 0.489 e. The summed E-state index contributed by atoms with van der Waals surface area (Å²) in [5.74, 6) is 0.563. The van der Waals surface area contributed by atoms with Gasteiger partial charge in [-0.05, 0) is 49.8 Å². The number of aromatic nitrogens is 3. The van der Waals surface area contributed by atoms with Crippen LogP contribution in [0.4, 0.5) is 0 Å². The minimum atomic E-state index is -0.128. The van der Waals surface area contributed by atoms with Crippen molar-refractivity contribution in [2.75, 3.05) is 13.6 Å². The quantitative estimate of drug-likeness (QED) is 0.470. The van der Waals surface area contributed by atoms with Crippen molar-refractivity contribution in [2.45, 2.75) is 19.6 Å². The lowest BCUT2D eigenvalue weighted by Gasteiger charge is -2.10. The number of hydrogen-bond donors (Lipinski definition) is 1. The molecule has 0 atom stereocenters. The van der Waals surface area contributed by atoms with Crippen molar-refractivity contribution >= 4 is 10.9 Å². The molecule has 2 aromatic heterocycles. The van der Waals surface area contributed by atoms with Crippen LogP contribution >= 0.6 is 0 Å². The number of benzene rings is 2. The van der Waals surface area contributed by atoms with E-state index in [4.69, 9.17) is 4.74 Å². The SMILES string of the molecule is CNCCCn1ncc2cc(-n3ccc(OCc4ccccc4)cc3=O)ccc21. The Hall–Kier alpha value is -3.38. The molecular weight excluding hydrogens is 364 g/mol. The van der Waals surface area contributed by atoms with E-state index in [0.717, 1.165) is 41.7 Å². The van der Waals surface area contributed by atoms with Crippen LogP contribution in [-0.4, -0.2) is 27.9 Å². The van der Waals surface area contributed by atoms with Crippen LogP contribution < -0.4 is 15.6 Å². The molecule has 29 heavy (non-hydrogen) atoms. The van der Waals surface area contributed by atoms with Gasteiger partial charge in [0.1, 0.15) is 12.4 Å². The molecule has 2 aromatic carbocycles. The highest BCUT2D eigenvalue weighted by molar-refractivity contribution is 5.80. The smallest absolute Gasteiger partial charge is 0.258 e. The van der Waals surface area contributed by atoms with Gasteiger partial charge in [0.25, 0.3) is 5.56 Å². The predicted molar refractivity (Wildman–Crippen MR) is 115 cm³/mol. The van der Waals surface area contributed by atoms with E-state index in [-0.39, 0.29) is 5.56 Å². The summed E-state index contributed by atoms with van der Waals surface area (Å²) in [7, 11) is 1.95. The van der Waals surface area contributed by atoms with E-state index in [1.54, 1.807) is 10.8 Å². The maximum atomic E-state index is 12.6. The topological polar surface area (TPSA) is 61.1 Å². The molecule has 0 amide bonds. The number of ether oxygens (including phenoxy) is 1. The van der Waals surface area contributed by atoms with E-state index in [0.29, 0.717) is 12.4 Å². The second kappa shape index (κ2) is 8.75. The Labute approximate surface area is 169 Å². The van der Waals surface area contributed by atoms with Gasteiger partial charge in [0, 0.05) is 29.9 Å². The first-order valence-electron chi connectivity index (χ1n) is 9.74. The molecule has 6 nitrogen and oxygen atoms in total. The molecular formula is C23H24N4O2. The fraction of sp³-hybridized carbons (Fsp3) is 0.217. The van der Waals surface area contributed by atoms with E-state index in [9.17, 15) is 4.79 Å². The number of hydrogen-bond acceptors (Lipinski definition) is 4. The van der Waals surface area contributed by atoms with Crippen LogP contribution in [-0.2, 0) is 13.2 Å². The molecule has 0 aliphatic rings. The van der Waals surface area contributed by atoms with Crippen LogP contribution in [0.3, 0.4) is 0 Å². The average Bonchev–Trinajstić information content (AvgIpc) is 3.15. The van der Waals surface area contributed by atoms with Gasteiger partial charge in [-0.3, -0.25) is 14.0 Å². The molecule has 0 saturated heterocycles. The van der Waals surface area contributed by atoms with Crippen LogP contribution in [0, 0.1) is 0 Å². The fourth-order valence-corrected chi connectivity index (χ4v) is 3.31. The lowest BCUT2D eigenvalue weighted by atomic mass is 10.2. The summed E-state index contributed by atoms with van der Waals surface area (Å²) in [4.78, 5) is 12.6. The zero-order valence-electron chi connectivity index (χ0n) is 16.4. The highest BCUT2D eigenvalue weighted by Gasteiger charge is 2.07. The number of aryl methyl sites for hydroxylation is 1. The Morgan fingerprint density at radius 1 is 1.07 bits per heavy atom. The van der Waals surface area contributed by atoms with E-state index >= 15 is 0 Å².